The number of aromatic nitrogens is 3. The molecule has 0 saturated carbocycles. The molecule has 0 bridgehead atoms. The van der Waals surface area contributed by atoms with Crippen molar-refractivity contribution in [1.82, 2.24) is 14.8 Å². The molecule has 2 heterocycles. The molecule has 1 aromatic heterocycles. The molecule has 5 nitrogen and oxygen atoms in total. The lowest BCUT2D eigenvalue weighted by molar-refractivity contribution is -0.116. The highest BCUT2D eigenvalue weighted by molar-refractivity contribution is 6.30. The molecule has 0 amide bonds. The van der Waals surface area contributed by atoms with Gasteiger partial charge in [0.15, 0.2) is 5.78 Å². The summed E-state index contributed by atoms with van der Waals surface area (Å²) < 4.78 is 1.81. The number of ketones is 1. The standard InChI is InChI=1S/C22H19ClN4O/c1-13-2-4-15(5-3-13)21-20-18(26-22-24-12-25-27(21)22)10-16(11-19(20)28)14-6-8-17(23)9-7-14/h2-9,12,16,21H,10-11H2,1H3,(H,24,25,26)/t16-,21-/m0/s1. The number of carbonyl (C=O) groups excluding carboxylic acids is 1. The van der Waals surface area contributed by atoms with E-state index in [-0.39, 0.29) is 17.7 Å². The summed E-state index contributed by atoms with van der Waals surface area (Å²) in [6.45, 7) is 2.06. The van der Waals surface area contributed by atoms with Crippen LogP contribution in [0, 0.1) is 6.92 Å². The highest BCUT2D eigenvalue weighted by Gasteiger charge is 2.39. The SMILES string of the molecule is Cc1ccc([C@H]2C3=C(C[C@H](c4ccc(Cl)cc4)CC3=O)Nc3ncnn32)cc1. The van der Waals surface area contributed by atoms with Crippen LogP contribution in [0.15, 0.2) is 66.1 Å². The number of nitrogens with zero attached hydrogens (tertiary/aromatic N) is 3. The molecule has 0 fully saturated rings. The Kier molecular flexibility index (Phi) is 4.05. The fraction of sp³-hybridized carbons (Fsp3) is 0.227. The number of anilines is 1. The lowest BCUT2D eigenvalue weighted by Gasteiger charge is -2.35. The minimum absolute atomic E-state index is 0.129. The van der Waals surface area contributed by atoms with Crippen LogP contribution in [0.4, 0.5) is 5.95 Å². The molecule has 6 heteroatoms. The molecule has 1 aliphatic carbocycles. The maximum absolute atomic E-state index is 13.3. The number of aryl methyl sites for hydroxylation is 1. The van der Waals surface area contributed by atoms with Crippen molar-refractivity contribution in [3.8, 4) is 0 Å². The van der Waals surface area contributed by atoms with Crippen molar-refractivity contribution in [3.63, 3.8) is 0 Å². The number of fused-ring (bicyclic) bond motifs is 1. The first-order valence-electron chi connectivity index (χ1n) is 9.35. The van der Waals surface area contributed by atoms with Gasteiger partial charge in [0.25, 0.3) is 0 Å². The van der Waals surface area contributed by atoms with Crippen LogP contribution in [-0.2, 0) is 4.79 Å². The van der Waals surface area contributed by atoms with Crippen molar-refractivity contribution in [3.05, 3.63) is 87.8 Å². The predicted octanol–water partition coefficient (Wildman–Crippen LogP) is 4.66. The van der Waals surface area contributed by atoms with E-state index >= 15 is 0 Å². The summed E-state index contributed by atoms with van der Waals surface area (Å²) >= 11 is 6.03. The third-order valence-corrected chi connectivity index (χ3v) is 5.85. The maximum atomic E-state index is 13.3. The molecular weight excluding hydrogens is 372 g/mol. The van der Waals surface area contributed by atoms with Gasteiger partial charge < -0.3 is 5.32 Å². The normalized spacial score (nSPS) is 21.1. The van der Waals surface area contributed by atoms with Crippen LogP contribution in [0.25, 0.3) is 0 Å². The van der Waals surface area contributed by atoms with Crippen LogP contribution < -0.4 is 5.32 Å². The first-order chi connectivity index (χ1) is 13.6. The zero-order valence-corrected chi connectivity index (χ0v) is 16.1. The van der Waals surface area contributed by atoms with Gasteiger partial charge in [-0.15, -0.1) is 0 Å². The van der Waals surface area contributed by atoms with Gasteiger partial charge in [-0.3, -0.25) is 4.79 Å². The fourth-order valence-electron chi connectivity index (χ4n) is 4.18. The molecule has 2 aliphatic rings. The molecule has 0 radical (unpaired) electrons. The van der Waals surface area contributed by atoms with E-state index in [0.717, 1.165) is 28.8 Å². The van der Waals surface area contributed by atoms with Gasteiger partial charge in [0.2, 0.25) is 5.95 Å². The number of benzene rings is 2. The monoisotopic (exact) mass is 390 g/mol. The lowest BCUT2D eigenvalue weighted by Crippen LogP contribution is -2.33. The Labute approximate surface area is 168 Å². The first kappa shape index (κ1) is 17.2. The van der Waals surface area contributed by atoms with Crippen molar-refractivity contribution in [2.24, 2.45) is 0 Å². The molecule has 0 spiro atoms. The van der Waals surface area contributed by atoms with Gasteiger partial charge in [-0.1, -0.05) is 53.6 Å². The van der Waals surface area contributed by atoms with Crippen LogP contribution >= 0.6 is 11.6 Å². The van der Waals surface area contributed by atoms with Crippen molar-refractivity contribution < 1.29 is 4.79 Å². The third kappa shape index (κ3) is 2.83. The second-order valence-electron chi connectivity index (χ2n) is 7.44. The molecule has 3 aromatic rings. The van der Waals surface area contributed by atoms with Crippen LogP contribution in [0.5, 0.6) is 0 Å². The topological polar surface area (TPSA) is 59.8 Å². The van der Waals surface area contributed by atoms with Gasteiger partial charge in [-0.25, -0.2) is 4.68 Å². The van der Waals surface area contributed by atoms with Crippen LogP contribution in [0.3, 0.4) is 0 Å². The van der Waals surface area contributed by atoms with Crippen LogP contribution in [0.2, 0.25) is 5.02 Å². The zero-order chi connectivity index (χ0) is 19.3. The molecule has 2 aromatic carbocycles. The van der Waals surface area contributed by atoms with Crippen molar-refractivity contribution in [1.29, 1.82) is 0 Å². The largest absolute Gasteiger partial charge is 0.328 e. The van der Waals surface area contributed by atoms with E-state index in [1.54, 1.807) is 0 Å². The van der Waals surface area contributed by atoms with E-state index in [9.17, 15) is 4.79 Å². The lowest BCUT2D eigenvalue weighted by atomic mass is 9.78. The predicted molar refractivity (Wildman–Crippen MR) is 108 cm³/mol. The molecule has 5 rings (SSSR count). The Balaban J connectivity index is 1.58. The smallest absolute Gasteiger partial charge is 0.226 e. The summed E-state index contributed by atoms with van der Waals surface area (Å²) in [6.07, 6.45) is 2.77. The molecule has 2 atom stereocenters. The van der Waals surface area contributed by atoms with Crippen LogP contribution in [-0.4, -0.2) is 20.5 Å². The summed E-state index contributed by atoms with van der Waals surface area (Å²) in [7, 11) is 0. The average molecular weight is 391 g/mol. The van der Waals surface area contributed by atoms with Crippen molar-refractivity contribution >= 4 is 23.3 Å². The maximum Gasteiger partial charge on any atom is 0.226 e. The van der Waals surface area contributed by atoms with E-state index in [2.05, 4.69) is 46.6 Å². The summed E-state index contributed by atoms with van der Waals surface area (Å²) in [6, 6.07) is 15.8. The van der Waals surface area contributed by atoms with Gasteiger partial charge in [0, 0.05) is 22.7 Å². The number of Topliss-reactive ketones (excluding diaryl/α,β-unsaturated/α-hetero) is 1. The van der Waals surface area contributed by atoms with Crippen molar-refractivity contribution in [2.75, 3.05) is 5.32 Å². The fourth-order valence-corrected chi connectivity index (χ4v) is 4.31. The number of hydrogen-bond acceptors (Lipinski definition) is 4. The molecule has 1 aliphatic heterocycles. The summed E-state index contributed by atoms with van der Waals surface area (Å²) in [5.74, 6) is 0.957. The van der Waals surface area contributed by atoms with E-state index in [4.69, 9.17) is 11.6 Å². The Bertz CT molecular complexity index is 1080. The zero-order valence-electron chi connectivity index (χ0n) is 15.4. The van der Waals surface area contributed by atoms with Gasteiger partial charge in [-0.05, 0) is 42.5 Å². The van der Waals surface area contributed by atoms with Crippen molar-refractivity contribution in [2.45, 2.75) is 31.7 Å². The minimum Gasteiger partial charge on any atom is -0.328 e. The number of allylic oxidation sites excluding steroid dienone is 2. The second-order valence-corrected chi connectivity index (χ2v) is 7.87. The number of hydrogen-bond donors (Lipinski definition) is 1. The highest BCUT2D eigenvalue weighted by atomic mass is 35.5. The molecular formula is C22H19ClN4O. The summed E-state index contributed by atoms with van der Waals surface area (Å²) in [5, 5.41) is 8.45. The Morgan fingerprint density at radius 2 is 1.75 bits per heavy atom. The van der Waals surface area contributed by atoms with Gasteiger partial charge in [0.05, 0.1) is 0 Å². The van der Waals surface area contributed by atoms with Gasteiger partial charge in [-0.2, -0.15) is 10.1 Å². The third-order valence-electron chi connectivity index (χ3n) is 5.60. The average Bonchev–Trinajstić information content (AvgIpc) is 3.16. The van der Waals surface area contributed by atoms with E-state index in [0.29, 0.717) is 17.4 Å². The number of halogens is 1. The van der Waals surface area contributed by atoms with Gasteiger partial charge >= 0.3 is 0 Å². The molecule has 0 saturated heterocycles. The van der Waals surface area contributed by atoms with Gasteiger partial charge in [0.1, 0.15) is 12.4 Å². The Morgan fingerprint density at radius 1 is 1.04 bits per heavy atom. The Morgan fingerprint density at radius 3 is 2.50 bits per heavy atom. The van der Waals surface area contributed by atoms with E-state index in [1.807, 2.05) is 28.9 Å². The second kappa shape index (κ2) is 6.60. The molecule has 28 heavy (non-hydrogen) atoms. The highest BCUT2D eigenvalue weighted by Crippen LogP contribution is 2.43. The molecule has 0 unspecified atom stereocenters. The summed E-state index contributed by atoms with van der Waals surface area (Å²) in [5.41, 5.74) is 5.10. The van der Waals surface area contributed by atoms with E-state index < -0.39 is 0 Å². The quantitative estimate of drug-likeness (QED) is 0.691. The molecule has 1 N–H and O–H groups in total. The molecule has 140 valence electrons. The minimum atomic E-state index is -0.243. The number of carbonyl (C=O) groups is 1. The first-order valence-corrected chi connectivity index (χ1v) is 9.73. The summed E-state index contributed by atoms with van der Waals surface area (Å²) in [4.78, 5) is 17.6. The van der Waals surface area contributed by atoms with Crippen LogP contribution in [0.1, 0.15) is 41.5 Å². The Hall–Kier alpha value is -2.92. The van der Waals surface area contributed by atoms with E-state index in [1.165, 1.54) is 11.9 Å². The number of nitrogens with one attached hydrogen (secondary N) is 1. The number of rotatable bonds is 2.